The number of amides is 4. The maximum absolute atomic E-state index is 13.2. The van der Waals surface area contributed by atoms with E-state index in [2.05, 4.69) is 17.6 Å². The SMILES string of the molecule is CCCCCOCCOCCOCCOCCOCCOCCOCCOCCOCCOCCOCCNc1cccc2c1C(=O)N(C1CCC(=O)NC1=O)C2=O. The van der Waals surface area contributed by atoms with E-state index in [-0.39, 0.29) is 24.0 Å². The van der Waals surface area contributed by atoms with E-state index in [0.717, 1.165) is 17.9 Å². The molecular weight excluding hydrogens is 762 g/mol. The minimum absolute atomic E-state index is 0.0658. The van der Waals surface area contributed by atoms with Crippen LogP contribution < -0.4 is 10.6 Å². The van der Waals surface area contributed by atoms with Crippen molar-refractivity contribution in [3.63, 3.8) is 0 Å². The molecule has 1 aromatic carbocycles. The minimum Gasteiger partial charge on any atom is -0.382 e. The van der Waals surface area contributed by atoms with Crippen LogP contribution in [0, 0.1) is 0 Å². The van der Waals surface area contributed by atoms with Crippen LogP contribution in [0.1, 0.15) is 59.7 Å². The molecule has 2 N–H and O–H groups in total. The van der Waals surface area contributed by atoms with Gasteiger partial charge in [-0.05, 0) is 25.0 Å². The van der Waals surface area contributed by atoms with Gasteiger partial charge in [-0.1, -0.05) is 25.8 Å². The number of anilines is 1. The number of ether oxygens (including phenoxy) is 11. The van der Waals surface area contributed by atoms with Crippen LogP contribution >= 0.6 is 0 Å². The van der Waals surface area contributed by atoms with Crippen molar-refractivity contribution in [2.45, 2.75) is 45.1 Å². The molecule has 0 spiro atoms. The van der Waals surface area contributed by atoms with Crippen molar-refractivity contribution >= 4 is 29.3 Å². The summed E-state index contributed by atoms with van der Waals surface area (Å²) in [6.07, 6.45) is 3.68. The first-order chi connectivity index (χ1) is 28.5. The van der Waals surface area contributed by atoms with E-state index in [0.29, 0.717) is 151 Å². The Morgan fingerprint density at radius 1 is 0.552 bits per heavy atom. The standard InChI is InChI=1S/C40H65N3O15/c1-2-3-4-11-48-13-15-50-17-19-52-21-23-54-25-27-56-29-31-58-32-30-57-28-26-55-24-22-53-20-18-51-16-14-49-12-10-41-34-7-5-6-33-37(34)40(47)43(39(33)46)35-8-9-36(44)42-38(35)45/h5-7,35,41H,2-4,8-32H2,1H3,(H,42,44,45). The van der Waals surface area contributed by atoms with Crippen molar-refractivity contribution in [2.75, 3.05) is 157 Å². The summed E-state index contributed by atoms with van der Waals surface area (Å²) in [4.78, 5) is 50.9. The Balaban J connectivity index is 0.988. The second-order valence-corrected chi connectivity index (χ2v) is 13.0. The van der Waals surface area contributed by atoms with Crippen molar-refractivity contribution < 1.29 is 71.3 Å². The molecule has 330 valence electrons. The first-order valence-electron chi connectivity index (χ1n) is 20.5. The summed E-state index contributed by atoms with van der Waals surface area (Å²) in [5.41, 5.74) is 0.909. The quantitative estimate of drug-likeness (QED) is 0.0720. The average molecular weight is 828 g/mol. The Morgan fingerprint density at radius 2 is 0.966 bits per heavy atom. The summed E-state index contributed by atoms with van der Waals surface area (Å²) in [6, 6.07) is 3.91. The number of nitrogens with zero attached hydrogens (tertiary/aromatic N) is 1. The van der Waals surface area contributed by atoms with Gasteiger partial charge in [0.1, 0.15) is 6.04 Å². The summed E-state index contributed by atoms with van der Waals surface area (Å²) in [6.45, 7) is 13.4. The number of carbonyl (C=O) groups excluding carboxylic acids is 4. The minimum atomic E-state index is -1.01. The Hall–Kier alpha value is -3.14. The number of nitrogens with one attached hydrogen (secondary N) is 2. The number of imide groups is 2. The van der Waals surface area contributed by atoms with Crippen LogP contribution in [0.2, 0.25) is 0 Å². The predicted octanol–water partition coefficient (Wildman–Crippen LogP) is 1.87. The summed E-state index contributed by atoms with van der Waals surface area (Å²) >= 11 is 0. The number of unbranched alkanes of at least 4 members (excludes halogenated alkanes) is 2. The maximum Gasteiger partial charge on any atom is 0.264 e. The molecule has 2 aliphatic rings. The van der Waals surface area contributed by atoms with E-state index < -0.39 is 29.7 Å². The number of carbonyl (C=O) groups is 4. The molecule has 1 fully saturated rings. The van der Waals surface area contributed by atoms with Gasteiger partial charge in [-0.25, -0.2) is 0 Å². The fourth-order valence-corrected chi connectivity index (χ4v) is 5.68. The van der Waals surface area contributed by atoms with Gasteiger partial charge in [-0.15, -0.1) is 0 Å². The molecule has 1 saturated heterocycles. The highest BCUT2D eigenvalue weighted by molar-refractivity contribution is 6.25. The van der Waals surface area contributed by atoms with E-state index in [4.69, 9.17) is 52.1 Å². The van der Waals surface area contributed by atoms with E-state index in [1.807, 2.05) is 0 Å². The Bertz CT molecular complexity index is 1290. The number of hydrogen-bond acceptors (Lipinski definition) is 16. The summed E-state index contributed by atoms with van der Waals surface area (Å²) in [5.74, 6) is -2.17. The van der Waals surface area contributed by atoms with Gasteiger partial charge in [0, 0.05) is 25.3 Å². The number of piperidine rings is 1. The molecule has 0 aromatic heterocycles. The Kier molecular flexibility index (Phi) is 27.7. The number of hydrogen-bond donors (Lipinski definition) is 2. The lowest BCUT2D eigenvalue weighted by molar-refractivity contribution is -0.136. The first-order valence-corrected chi connectivity index (χ1v) is 20.5. The van der Waals surface area contributed by atoms with Gasteiger partial charge >= 0.3 is 0 Å². The van der Waals surface area contributed by atoms with Crippen LogP contribution in [-0.4, -0.2) is 186 Å². The van der Waals surface area contributed by atoms with E-state index >= 15 is 0 Å². The molecule has 0 saturated carbocycles. The molecule has 0 bridgehead atoms. The van der Waals surface area contributed by atoms with Crippen molar-refractivity contribution in [3.8, 4) is 0 Å². The summed E-state index contributed by atoms with van der Waals surface area (Å²) in [7, 11) is 0. The van der Waals surface area contributed by atoms with Crippen molar-refractivity contribution in [2.24, 2.45) is 0 Å². The highest BCUT2D eigenvalue weighted by Crippen LogP contribution is 2.32. The second kappa shape index (κ2) is 32.7. The number of rotatable bonds is 39. The van der Waals surface area contributed by atoms with Gasteiger partial charge in [0.25, 0.3) is 11.8 Å². The lowest BCUT2D eigenvalue weighted by atomic mass is 10.0. The largest absolute Gasteiger partial charge is 0.382 e. The van der Waals surface area contributed by atoms with Crippen LogP contribution in [0.5, 0.6) is 0 Å². The van der Waals surface area contributed by atoms with Crippen LogP contribution in [0.25, 0.3) is 0 Å². The second-order valence-electron chi connectivity index (χ2n) is 13.0. The Labute approximate surface area is 342 Å². The van der Waals surface area contributed by atoms with Crippen molar-refractivity contribution in [1.82, 2.24) is 10.2 Å². The van der Waals surface area contributed by atoms with Gasteiger partial charge < -0.3 is 57.4 Å². The fourth-order valence-electron chi connectivity index (χ4n) is 5.68. The monoisotopic (exact) mass is 827 g/mol. The van der Waals surface area contributed by atoms with Crippen molar-refractivity contribution in [1.29, 1.82) is 0 Å². The molecule has 0 aliphatic carbocycles. The van der Waals surface area contributed by atoms with E-state index in [9.17, 15) is 19.2 Å². The highest BCUT2D eigenvalue weighted by atomic mass is 16.6. The van der Waals surface area contributed by atoms with E-state index in [1.54, 1.807) is 18.2 Å². The molecule has 1 aromatic rings. The molecule has 58 heavy (non-hydrogen) atoms. The van der Waals surface area contributed by atoms with Crippen LogP contribution in [0.4, 0.5) is 5.69 Å². The molecule has 18 heteroatoms. The lowest BCUT2D eigenvalue weighted by Gasteiger charge is -2.27. The maximum atomic E-state index is 13.2. The predicted molar refractivity (Wildman–Crippen MR) is 210 cm³/mol. The fraction of sp³-hybridized carbons (Fsp3) is 0.750. The molecule has 0 radical (unpaired) electrons. The number of fused-ring (bicyclic) bond motifs is 1. The third-order valence-electron chi connectivity index (χ3n) is 8.64. The first kappa shape index (κ1) is 49.2. The van der Waals surface area contributed by atoms with Gasteiger partial charge in [-0.2, -0.15) is 0 Å². The average Bonchev–Trinajstić information content (AvgIpc) is 3.48. The van der Waals surface area contributed by atoms with Gasteiger partial charge in [-0.3, -0.25) is 29.4 Å². The smallest absolute Gasteiger partial charge is 0.264 e. The normalized spacial score (nSPS) is 15.4. The third kappa shape index (κ3) is 20.7. The molecule has 2 aliphatic heterocycles. The number of benzene rings is 1. The zero-order valence-electron chi connectivity index (χ0n) is 34.2. The molecule has 2 heterocycles. The van der Waals surface area contributed by atoms with Crippen molar-refractivity contribution in [3.05, 3.63) is 29.3 Å². The molecular formula is C40H65N3O15. The Morgan fingerprint density at radius 3 is 1.38 bits per heavy atom. The zero-order chi connectivity index (χ0) is 41.3. The van der Waals surface area contributed by atoms with Gasteiger partial charge in [0.2, 0.25) is 11.8 Å². The lowest BCUT2D eigenvalue weighted by Crippen LogP contribution is -2.54. The topological polar surface area (TPSA) is 197 Å². The van der Waals surface area contributed by atoms with Gasteiger partial charge in [0.15, 0.2) is 0 Å². The molecule has 1 atom stereocenters. The van der Waals surface area contributed by atoms with E-state index in [1.165, 1.54) is 12.8 Å². The third-order valence-corrected chi connectivity index (χ3v) is 8.64. The van der Waals surface area contributed by atoms with Crippen LogP contribution in [-0.2, 0) is 61.7 Å². The van der Waals surface area contributed by atoms with Crippen LogP contribution in [0.15, 0.2) is 18.2 Å². The molecule has 3 rings (SSSR count). The highest BCUT2D eigenvalue weighted by Gasteiger charge is 2.45. The van der Waals surface area contributed by atoms with Crippen LogP contribution in [0.3, 0.4) is 0 Å². The summed E-state index contributed by atoms with van der Waals surface area (Å²) in [5, 5.41) is 5.33. The molecule has 4 amide bonds. The zero-order valence-corrected chi connectivity index (χ0v) is 34.2. The summed E-state index contributed by atoms with van der Waals surface area (Å²) < 4.78 is 60.5. The molecule has 1 unspecified atom stereocenters. The van der Waals surface area contributed by atoms with Gasteiger partial charge in [0.05, 0.1) is 150 Å². The molecule has 18 nitrogen and oxygen atoms in total.